The highest BCUT2D eigenvalue weighted by Gasteiger charge is 2.33. The number of nitrogens with zero attached hydrogens (tertiary/aromatic N) is 2. The standard InChI is InChI=1S/C22H29N2O.ClH/c1-18-10-8-11-19(2)24(18)17-9-15-22(25,20-12-4-3-5-13-20)21-14-6-7-16-23-21;/h3-7,12-14,16,18,25H,8-11,15,17H2,1-2H3;1H/q+1;/p-1. The minimum Gasteiger partial charge on any atom is -1.00 e. The molecule has 0 spiro atoms. The maximum atomic E-state index is 11.5. The second kappa shape index (κ2) is 9.29. The van der Waals surface area contributed by atoms with E-state index in [2.05, 4.69) is 23.4 Å². The van der Waals surface area contributed by atoms with E-state index in [4.69, 9.17) is 0 Å². The second-order valence-electron chi connectivity index (χ2n) is 7.21. The van der Waals surface area contributed by atoms with Gasteiger partial charge in [-0.05, 0) is 37.5 Å². The Kier molecular flexibility index (Phi) is 7.36. The fraction of sp³-hybridized carbons (Fsp3) is 0.455. The van der Waals surface area contributed by atoms with Crippen LogP contribution in [0.3, 0.4) is 0 Å². The van der Waals surface area contributed by atoms with E-state index in [1.54, 1.807) is 6.20 Å². The zero-order chi connectivity index (χ0) is 17.7. The Bertz CT molecular complexity index is 676. The van der Waals surface area contributed by atoms with Crippen molar-refractivity contribution in [3.63, 3.8) is 0 Å². The topological polar surface area (TPSA) is 36.1 Å². The molecule has 2 aromatic rings. The molecule has 3 nitrogen and oxygen atoms in total. The molecule has 0 bridgehead atoms. The van der Waals surface area contributed by atoms with Gasteiger partial charge >= 0.3 is 0 Å². The summed E-state index contributed by atoms with van der Waals surface area (Å²) in [5, 5.41) is 11.5. The smallest absolute Gasteiger partial charge is 0.149 e. The van der Waals surface area contributed by atoms with E-state index in [0.29, 0.717) is 12.5 Å². The molecule has 0 amide bonds. The summed E-state index contributed by atoms with van der Waals surface area (Å²) < 4.78 is 2.52. The Labute approximate surface area is 163 Å². The second-order valence-corrected chi connectivity index (χ2v) is 7.21. The third-order valence-corrected chi connectivity index (χ3v) is 5.46. The number of hydrogen-bond donors (Lipinski definition) is 1. The lowest BCUT2D eigenvalue weighted by molar-refractivity contribution is -0.569. The molecule has 0 saturated heterocycles. The SMILES string of the molecule is CC1=[N+](CCCC(O)(c2ccccc2)c2ccccn2)C(C)CCC1.[Cl-]. The van der Waals surface area contributed by atoms with Gasteiger partial charge in [-0.25, -0.2) is 4.58 Å². The van der Waals surface area contributed by atoms with Gasteiger partial charge in [-0.2, -0.15) is 0 Å². The average molecular weight is 373 g/mol. The largest absolute Gasteiger partial charge is 1.00 e. The van der Waals surface area contributed by atoms with Crippen molar-refractivity contribution >= 4 is 5.71 Å². The average Bonchev–Trinajstić information content (AvgIpc) is 2.65. The Morgan fingerprint density at radius 2 is 1.88 bits per heavy atom. The molecule has 1 aromatic carbocycles. The molecule has 140 valence electrons. The molecule has 1 aliphatic heterocycles. The number of aromatic nitrogens is 1. The van der Waals surface area contributed by atoms with Gasteiger partial charge in [0.2, 0.25) is 0 Å². The van der Waals surface area contributed by atoms with Gasteiger partial charge in [0, 0.05) is 32.4 Å². The van der Waals surface area contributed by atoms with E-state index in [9.17, 15) is 5.11 Å². The van der Waals surface area contributed by atoms with Crippen molar-refractivity contribution < 1.29 is 22.1 Å². The zero-order valence-electron chi connectivity index (χ0n) is 15.7. The first-order valence-corrected chi connectivity index (χ1v) is 9.40. The predicted octanol–water partition coefficient (Wildman–Crippen LogP) is 1.15. The van der Waals surface area contributed by atoms with Gasteiger partial charge in [0.05, 0.1) is 5.69 Å². The van der Waals surface area contributed by atoms with Crippen molar-refractivity contribution in [2.45, 2.75) is 57.6 Å². The van der Waals surface area contributed by atoms with Crippen LogP contribution in [0.5, 0.6) is 0 Å². The van der Waals surface area contributed by atoms with Crippen molar-refractivity contribution in [2.75, 3.05) is 6.54 Å². The monoisotopic (exact) mass is 372 g/mol. The van der Waals surface area contributed by atoms with E-state index in [0.717, 1.165) is 24.2 Å². The molecule has 0 saturated carbocycles. The van der Waals surface area contributed by atoms with Crippen molar-refractivity contribution in [3.05, 3.63) is 66.0 Å². The summed E-state index contributed by atoms with van der Waals surface area (Å²) in [6, 6.07) is 16.3. The van der Waals surface area contributed by atoms with E-state index < -0.39 is 5.60 Å². The summed E-state index contributed by atoms with van der Waals surface area (Å²) in [6.45, 7) is 5.55. The minimum absolute atomic E-state index is 0. The van der Waals surface area contributed by atoms with Crippen LogP contribution in [0.4, 0.5) is 0 Å². The molecular formula is C22H29ClN2O. The van der Waals surface area contributed by atoms with Crippen molar-refractivity contribution in [1.29, 1.82) is 0 Å². The molecule has 26 heavy (non-hydrogen) atoms. The summed E-state index contributed by atoms with van der Waals surface area (Å²) in [5.41, 5.74) is 2.10. The van der Waals surface area contributed by atoms with Gasteiger partial charge in [-0.15, -0.1) is 0 Å². The molecule has 3 rings (SSSR count). The number of rotatable bonds is 6. The molecule has 2 heterocycles. The van der Waals surface area contributed by atoms with Gasteiger partial charge in [0.1, 0.15) is 23.9 Å². The van der Waals surface area contributed by atoms with Crippen LogP contribution < -0.4 is 12.4 Å². The first kappa shape index (κ1) is 20.6. The molecule has 2 unspecified atom stereocenters. The van der Waals surface area contributed by atoms with Crippen LogP contribution in [-0.2, 0) is 5.60 Å². The van der Waals surface area contributed by atoms with Crippen molar-refractivity contribution in [1.82, 2.24) is 4.98 Å². The van der Waals surface area contributed by atoms with Crippen molar-refractivity contribution in [2.24, 2.45) is 0 Å². The molecule has 1 N–H and O–H groups in total. The summed E-state index contributed by atoms with van der Waals surface area (Å²) in [7, 11) is 0. The van der Waals surface area contributed by atoms with Crippen LogP contribution in [0.15, 0.2) is 54.7 Å². The van der Waals surface area contributed by atoms with E-state index in [1.165, 1.54) is 25.0 Å². The van der Waals surface area contributed by atoms with Crippen LogP contribution in [0.2, 0.25) is 0 Å². The van der Waals surface area contributed by atoms with Gasteiger partial charge in [0.25, 0.3) is 0 Å². The van der Waals surface area contributed by atoms with Crippen LogP contribution in [0.1, 0.15) is 57.2 Å². The maximum Gasteiger partial charge on any atom is 0.149 e. The van der Waals surface area contributed by atoms with E-state index in [-0.39, 0.29) is 12.4 Å². The first-order chi connectivity index (χ1) is 12.1. The summed E-state index contributed by atoms with van der Waals surface area (Å²) in [5.74, 6) is 0. The molecule has 1 aromatic heterocycles. The van der Waals surface area contributed by atoms with E-state index in [1.807, 2.05) is 48.5 Å². The number of pyridine rings is 1. The lowest BCUT2D eigenvalue weighted by Crippen LogP contribution is -3.00. The Balaban J connectivity index is 0.00000243. The number of benzene rings is 1. The van der Waals surface area contributed by atoms with Crippen LogP contribution in [0, 0.1) is 0 Å². The number of halogens is 1. The molecular weight excluding hydrogens is 344 g/mol. The fourth-order valence-electron chi connectivity index (χ4n) is 3.99. The van der Waals surface area contributed by atoms with Gasteiger partial charge < -0.3 is 17.5 Å². The molecule has 1 aliphatic rings. The van der Waals surface area contributed by atoms with Crippen LogP contribution in [-0.4, -0.2) is 33.0 Å². The summed E-state index contributed by atoms with van der Waals surface area (Å²) in [4.78, 5) is 4.45. The predicted molar refractivity (Wildman–Crippen MR) is 102 cm³/mol. The fourth-order valence-corrected chi connectivity index (χ4v) is 3.99. The summed E-state index contributed by atoms with van der Waals surface area (Å²) >= 11 is 0. The molecule has 0 aliphatic carbocycles. The van der Waals surface area contributed by atoms with Crippen molar-refractivity contribution in [3.8, 4) is 0 Å². The molecule has 0 fully saturated rings. The lowest BCUT2D eigenvalue weighted by Gasteiger charge is -2.28. The Morgan fingerprint density at radius 1 is 1.15 bits per heavy atom. The molecule has 4 heteroatoms. The quantitative estimate of drug-likeness (QED) is 0.772. The third-order valence-electron chi connectivity index (χ3n) is 5.46. The highest BCUT2D eigenvalue weighted by Crippen LogP contribution is 2.33. The van der Waals surface area contributed by atoms with Gasteiger partial charge in [0.15, 0.2) is 0 Å². The van der Waals surface area contributed by atoms with Gasteiger partial charge in [-0.3, -0.25) is 4.98 Å². The third kappa shape index (κ3) is 4.52. The minimum atomic E-state index is -1.03. The first-order valence-electron chi connectivity index (χ1n) is 9.40. The summed E-state index contributed by atoms with van der Waals surface area (Å²) in [6.07, 6.45) is 7.13. The van der Waals surface area contributed by atoms with Crippen LogP contribution in [0.25, 0.3) is 0 Å². The highest BCUT2D eigenvalue weighted by atomic mass is 35.5. The molecule has 0 radical (unpaired) electrons. The van der Waals surface area contributed by atoms with Gasteiger partial charge in [-0.1, -0.05) is 36.4 Å². The molecule has 2 atom stereocenters. The van der Waals surface area contributed by atoms with E-state index >= 15 is 0 Å². The number of hydrogen-bond acceptors (Lipinski definition) is 2. The maximum absolute atomic E-state index is 11.5. The normalized spacial score (nSPS) is 19.6. The highest BCUT2D eigenvalue weighted by molar-refractivity contribution is 5.77. The Hall–Kier alpha value is -1.71. The lowest BCUT2D eigenvalue weighted by atomic mass is 9.85. The number of aliphatic hydroxyl groups is 1. The Morgan fingerprint density at radius 3 is 2.54 bits per heavy atom. The zero-order valence-corrected chi connectivity index (χ0v) is 16.5. The van der Waals surface area contributed by atoms with Crippen LogP contribution >= 0.6 is 0 Å².